The van der Waals surface area contributed by atoms with Crippen LogP contribution in [0.15, 0.2) is 24.3 Å². The predicted octanol–water partition coefficient (Wildman–Crippen LogP) is 0.483. The van der Waals surface area contributed by atoms with E-state index in [2.05, 4.69) is 5.32 Å². The van der Waals surface area contributed by atoms with E-state index in [0.717, 1.165) is 0 Å². The van der Waals surface area contributed by atoms with Crippen molar-refractivity contribution in [3.63, 3.8) is 0 Å². The zero-order valence-electron chi connectivity index (χ0n) is 9.43. The highest BCUT2D eigenvalue weighted by atomic mass is 16.7. The Kier molecular flexibility index (Phi) is 4.96. The van der Waals surface area contributed by atoms with Gasteiger partial charge in [-0.05, 0) is 12.1 Å². The summed E-state index contributed by atoms with van der Waals surface area (Å²) in [5, 5.41) is 2.53. The molecule has 3 N–H and O–H groups in total. The first-order chi connectivity index (χ1) is 8.13. The Morgan fingerprint density at radius 1 is 1.35 bits per heavy atom. The van der Waals surface area contributed by atoms with Gasteiger partial charge in [-0.3, -0.25) is 9.59 Å². The van der Waals surface area contributed by atoms with E-state index in [4.69, 9.17) is 15.2 Å². The van der Waals surface area contributed by atoms with E-state index >= 15 is 0 Å². The van der Waals surface area contributed by atoms with Gasteiger partial charge < -0.3 is 20.5 Å². The number of benzene rings is 1. The van der Waals surface area contributed by atoms with Gasteiger partial charge in [0.15, 0.2) is 6.79 Å². The van der Waals surface area contributed by atoms with Gasteiger partial charge >= 0.3 is 0 Å². The van der Waals surface area contributed by atoms with Gasteiger partial charge in [0, 0.05) is 7.11 Å². The lowest BCUT2D eigenvalue weighted by molar-refractivity contribution is -0.124. The molecule has 6 nitrogen and oxygen atoms in total. The maximum atomic E-state index is 11.4. The van der Waals surface area contributed by atoms with Crippen molar-refractivity contribution < 1.29 is 19.1 Å². The number of amides is 2. The predicted molar refractivity (Wildman–Crippen MR) is 61.4 cm³/mol. The van der Waals surface area contributed by atoms with Crippen LogP contribution in [-0.2, 0) is 14.3 Å². The summed E-state index contributed by atoms with van der Waals surface area (Å²) >= 11 is 0. The van der Waals surface area contributed by atoms with Gasteiger partial charge in [0.25, 0.3) is 0 Å². The highest BCUT2D eigenvalue weighted by Crippen LogP contribution is 2.23. The van der Waals surface area contributed by atoms with Crippen LogP contribution in [-0.4, -0.2) is 25.7 Å². The van der Waals surface area contributed by atoms with Crippen molar-refractivity contribution in [2.75, 3.05) is 19.2 Å². The topological polar surface area (TPSA) is 90.7 Å². The number of methoxy groups -OCH3 is 1. The van der Waals surface area contributed by atoms with E-state index < -0.39 is 11.8 Å². The quantitative estimate of drug-likeness (QED) is 0.557. The summed E-state index contributed by atoms with van der Waals surface area (Å²) in [5.41, 5.74) is 5.38. The van der Waals surface area contributed by atoms with Crippen molar-refractivity contribution in [3.8, 4) is 5.75 Å². The molecule has 0 heterocycles. The van der Waals surface area contributed by atoms with Gasteiger partial charge in [-0.1, -0.05) is 12.1 Å². The standard InChI is InChI=1S/C11H14N2O4/c1-16-7-17-9-5-3-2-4-8(9)13-11(15)6-10(12)14/h2-5H,6-7H2,1H3,(H2,12,14)(H,13,15). The van der Waals surface area contributed by atoms with E-state index in [-0.39, 0.29) is 13.2 Å². The fourth-order valence-corrected chi connectivity index (χ4v) is 1.17. The largest absolute Gasteiger partial charge is 0.465 e. The number of para-hydroxylation sites is 2. The maximum Gasteiger partial charge on any atom is 0.233 e. The van der Waals surface area contributed by atoms with Crippen LogP contribution in [0.5, 0.6) is 5.75 Å². The zero-order chi connectivity index (χ0) is 12.7. The third-order valence-corrected chi connectivity index (χ3v) is 1.83. The Labute approximate surface area is 98.7 Å². The third kappa shape index (κ3) is 4.52. The van der Waals surface area contributed by atoms with Crippen molar-refractivity contribution >= 4 is 17.5 Å². The zero-order valence-corrected chi connectivity index (χ0v) is 9.43. The third-order valence-electron chi connectivity index (χ3n) is 1.83. The van der Waals surface area contributed by atoms with Gasteiger partial charge in [0.05, 0.1) is 5.69 Å². The Bertz CT molecular complexity index is 406. The molecule has 0 atom stereocenters. The first-order valence-corrected chi connectivity index (χ1v) is 4.92. The number of hydrogen-bond acceptors (Lipinski definition) is 4. The van der Waals surface area contributed by atoms with Crippen molar-refractivity contribution in [1.29, 1.82) is 0 Å². The van der Waals surface area contributed by atoms with E-state index in [1.807, 2.05) is 0 Å². The minimum atomic E-state index is -0.683. The second kappa shape index (κ2) is 6.49. The monoisotopic (exact) mass is 238 g/mol. The van der Waals surface area contributed by atoms with Crippen LogP contribution in [0.4, 0.5) is 5.69 Å². The van der Waals surface area contributed by atoms with Crippen LogP contribution in [0, 0.1) is 0 Å². The normalized spacial score (nSPS) is 9.71. The second-order valence-corrected chi connectivity index (χ2v) is 3.24. The highest BCUT2D eigenvalue weighted by molar-refractivity contribution is 6.03. The number of carbonyl (C=O) groups is 2. The molecule has 1 rings (SSSR count). The number of primary amides is 1. The molecule has 0 radical (unpaired) electrons. The number of anilines is 1. The molecule has 0 aromatic heterocycles. The van der Waals surface area contributed by atoms with E-state index in [9.17, 15) is 9.59 Å². The highest BCUT2D eigenvalue weighted by Gasteiger charge is 2.09. The number of rotatable bonds is 6. The number of carbonyl (C=O) groups excluding carboxylic acids is 2. The van der Waals surface area contributed by atoms with E-state index in [1.165, 1.54) is 7.11 Å². The van der Waals surface area contributed by atoms with Crippen LogP contribution in [0.2, 0.25) is 0 Å². The Hall–Kier alpha value is -2.08. The van der Waals surface area contributed by atoms with Crippen molar-refractivity contribution in [2.45, 2.75) is 6.42 Å². The number of nitrogens with two attached hydrogens (primary N) is 1. The fraction of sp³-hybridized carbons (Fsp3) is 0.273. The molecular weight excluding hydrogens is 224 g/mol. The molecule has 0 saturated heterocycles. The summed E-state index contributed by atoms with van der Waals surface area (Å²) in [5.74, 6) is -0.698. The van der Waals surface area contributed by atoms with Gasteiger partial charge in [0.1, 0.15) is 12.2 Å². The van der Waals surface area contributed by atoms with Gasteiger partial charge in [-0.25, -0.2) is 0 Å². The summed E-state index contributed by atoms with van der Waals surface area (Å²) in [4.78, 5) is 21.9. The number of nitrogens with one attached hydrogen (secondary N) is 1. The van der Waals surface area contributed by atoms with Crippen molar-refractivity contribution in [3.05, 3.63) is 24.3 Å². The molecule has 0 unspecified atom stereocenters. The van der Waals surface area contributed by atoms with Crippen LogP contribution in [0.25, 0.3) is 0 Å². The summed E-state index contributed by atoms with van der Waals surface area (Å²) in [6.07, 6.45) is -0.362. The molecule has 1 aromatic carbocycles. The lowest BCUT2D eigenvalue weighted by Gasteiger charge is -2.11. The van der Waals surface area contributed by atoms with Crippen molar-refractivity contribution in [1.82, 2.24) is 0 Å². The average Bonchev–Trinajstić information content (AvgIpc) is 2.26. The average molecular weight is 238 g/mol. The SMILES string of the molecule is COCOc1ccccc1NC(=O)CC(N)=O. The van der Waals surface area contributed by atoms with Gasteiger partial charge in [-0.15, -0.1) is 0 Å². The molecule has 0 aliphatic rings. The number of ether oxygens (including phenoxy) is 2. The lowest BCUT2D eigenvalue weighted by atomic mass is 10.3. The molecule has 0 saturated carbocycles. The molecule has 1 aromatic rings. The van der Waals surface area contributed by atoms with Crippen LogP contribution < -0.4 is 15.8 Å². The molecule has 92 valence electrons. The fourth-order valence-electron chi connectivity index (χ4n) is 1.17. The van der Waals surface area contributed by atoms with Crippen molar-refractivity contribution in [2.24, 2.45) is 5.73 Å². The molecule has 17 heavy (non-hydrogen) atoms. The molecule has 2 amide bonds. The van der Waals surface area contributed by atoms with Crippen LogP contribution in [0.1, 0.15) is 6.42 Å². The molecule has 0 bridgehead atoms. The Morgan fingerprint density at radius 2 is 2.06 bits per heavy atom. The summed E-state index contributed by atoms with van der Waals surface area (Å²) in [6.45, 7) is 0.0721. The Balaban J connectivity index is 2.69. The summed E-state index contributed by atoms with van der Waals surface area (Å²) in [7, 11) is 1.49. The molecule has 0 aliphatic carbocycles. The van der Waals surface area contributed by atoms with E-state index in [1.54, 1.807) is 24.3 Å². The van der Waals surface area contributed by atoms with Crippen LogP contribution >= 0.6 is 0 Å². The second-order valence-electron chi connectivity index (χ2n) is 3.24. The maximum absolute atomic E-state index is 11.4. The summed E-state index contributed by atoms with van der Waals surface area (Å²) in [6, 6.07) is 6.83. The Morgan fingerprint density at radius 3 is 2.71 bits per heavy atom. The molecule has 0 aliphatic heterocycles. The molecular formula is C11H14N2O4. The lowest BCUT2D eigenvalue weighted by Crippen LogP contribution is -2.21. The van der Waals surface area contributed by atoms with Gasteiger partial charge in [0.2, 0.25) is 11.8 Å². The number of hydrogen-bond donors (Lipinski definition) is 2. The van der Waals surface area contributed by atoms with E-state index in [0.29, 0.717) is 11.4 Å². The molecule has 0 spiro atoms. The minimum Gasteiger partial charge on any atom is -0.465 e. The molecule has 0 fully saturated rings. The minimum absolute atomic E-state index is 0.0721. The smallest absolute Gasteiger partial charge is 0.233 e. The first kappa shape index (κ1) is 13.0. The van der Waals surface area contributed by atoms with Crippen LogP contribution in [0.3, 0.4) is 0 Å². The summed E-state index contributed by atoms with van der Waals surface area (Å²) < 4.78 is 10.0. The first-order valence-electron chi connectivity index (χ1n) is 4.92. The molecule has 6 heteroatoms. The van der Waals surface area contributed by atoms with Gasteiger partial charge in [-0.2, -0.15) is 0 Å².